The summed E-state index contributed by atoms with van der Waals surface area (Å²) in [5, 5.41) is 12.2. The fourth-order valence-corrected chi connectivity index (χ4v) is 5.23. The minimum absolute atomic E-state index is 0.0126. The van der Waals surface area contributed by atoms with E-state index in [2.05, 4.69) is 23.7 Å². The van der Waals surface area contributed by atoms with Crippen molar-refractivity contribution in [1.29, 1.82) is 0 Å². The molecule has 2 aliphatic rings. The second-order valence-electron chi connectivity index (χ2n) is 10.1. The predicted molar refractivity (Wildman–Crippen MR) is 144 cm³/mol. The summed E-state index contributed by atoms with van der Waals surface area (Å²) in [6, 6.07) is 16.3. The number of amides is 1. The van der Waals surface area contributed by atoms with Crippen LogP contribution in [0.2, 0.25) is 0 Å². The van der Waals surface area contributed by atoms with Gasteiger partial charge in [-0.2, -0.15) is 0 Å². The minimum atomic E-state index is -0.526. The van der Waals surface area contributed by atoms with Gasteiger partial charge in [-0.15, -0.1) is 0 Å². The summed E-state index contributed by atoms with van der Waals surface area (Å²) in [6.07, 6.45) is 2.64. The highest BCUT2D eigenvalue weighted by atomic mass is 16.7. The molecule has 0 aliphatic carbocycles. The fourth-order valence-electron chi connectivity index (χ4n) is 5.23. The molecule has 2 fully saturated rings. The number of aliphatic hydroxyl groups is 1. The van der Waals surface area contributed by atoms with Crippen molar-refractivity contribution in [1.82, 2.24) is 10.2 Å². The molecule has 8 nitrogen and oxygen atoms in total. The number of nitrogens with zero attached hydrogens (tertiary/aromatic N) is 1. The Balaban J connectivity index is 1.50. The van der Waals surface area contributed by atoms with Gasteiger partial charge in [0.05, 0.1) is 25.4 Å². The number of carbonyl (C=O) groups is 1. The largest absolute Gasteiger partial charge is 0.445 e. The Hall–Kier alpha value is -2.75. The zero-order valence-corrected chi connectivity index (χ0v) is 22.4. The molecule has 0 spiro atoms. The summed E-state index contributed by atoms with van der Waals surface area (Å²) < 4.78 is 23.6. The molecule has 2 aromatic rings. The topological polar surface area (TPSA) is 89.5 Å². The smallest absolute Gasteiger partial charge is 0.407 e. The number of hydrogen-bond donors (Lipinski definition) is 2. The van der Waals surface area contributed by atoms with E-state index in [1.807, 2.05) is 48.5 Å². The van der Waals surface area contributed by atoms with E-state index in [9.17, 15) is 9.90 Å². The van der Waals surface area contributed by atoms with Gasteiger partial charge in [-0.05, 0) is 36.1 Å². The molecular formula is C30H40N2O6. The van der Waals surface area contributed by atoms with Crippen LogP contribution in [0.1, 0.15) is 54.4 Å². The molecule has 0 bridgehead atoms. The van der Waals surface area contributed by atoms with Gasteiger partial charge in [0.15, 0.2) is 6.29 Å². The molecule has 4 rings (SSSR count). The first-order valence-electron chi connectivity index (χ1n) is 13.4. The van der Waals surface area contributed by atoms with Crippen molar-refractivity contribution in [2.45, 2.75) is 57.5 Å². The molecule has 38 heavy (non-hydrogen) atoms. The lowest BCUT2D eigenvalue weighted by Gasteiger charge is -2.43. The van der Waals surface area contributed by atoms with Crippen LogP contribution in [0.3, 0.4) is 0 Å². The van der Waals surface area contributed by atoms with Crippen molar-refractivity contribution < 1.29 is 28.8 Å². The molecule has 0 saturated carbocycles. The Morgan fingerprint density at radius 1 is 1.13 bits per heavy atom. The van der Waals surface area contributed by atoms with Gasteiger partial charge in [-0.3, -0.25) is 4.90 Å². The number of hydrogen-bond acceptors (Lipinski definition) is 7. The molecule has 5 atom stereocenters. The maximum Gasteiger partial charge on any atom is 0.407 e. The first-order chi connectivity index (χ1) is 18.5. The third kappa shape index (κ3) is 7.21. The number of carbonyl (C=O) groups excluding carboxylic acids is 1. The maximum atomic E-state index is 11.7. The van der Waals surface area contributed by atoms with E-state index in [1.54, 1.807) is 7.11 Å². The van der Waals surface area contributed by atoms with Gasteiger partial charge in [-0.1, -0.05) is 68.1 Å². The van der Waals surface area contributed by atoms with Gasteiger partial charge in [0, 0.05) is 37.7 Å². The lowest BCUT2D eigenvalue weighted by molar-refractivity contribution is -0.276. The monoisotopic (exact) mass is 524 g/mol. The average molecular weight is 525 g/mol. The molecule has 2 N–H and O–H groups in total. The Morgan fingerprint density at radius 3 is 2.53 bits per heavy atom. The molecule has 2 heterocycles. The lowest BCUT2D eigenvalue weighted by atomic mass is 9.90. The van der Waals surface area contributed by atoms with Gasteiger partial charge in [0.1, 0.15) is 6.61 Å². The standard InChI is InChI=1S/C30H40N2O6/c1-4-16-36-30(34)31-17-22-7-13-25(14-8-22)29-37-27(18-32-15-5-6-26(32)20-35-3)21(2)28(38-29)24-11-9-23(19-33)10-12-24/h4,7-14,21,26-29,33H,1,5-6,15-20H2,2-3H3,(H,31,34)/t21-,26+,27+,28+,29+/m1/s1. The minimum Gasteiger partial charge on any atom is -0.445 e. The highest BCUT2D eigenvalue weighted by Crippen LogP contribution is 2.42. The molecule has 2 aromatic carbocycles. The van der Waals surface area contributed by atoms with Crippen LogP contribution in [0.4, 0.5) is 4.79 Å². The van der Waals surface area contributed by atoms with Crippen molar-refractivity contribution in [3.05, 3.63) is 83.4 Å². The zero-order chi connectivity index (χ0) is 26.9. The summed E-state index contributed by atoms with van der Waals surface area (Å²) >= 11 is 0. The molecule has 0 aromatic heterocycles. The highest BCUT2D eigenvalue weighted by Gasteiger charge is 2.40. The Morgan fingerprint density at radius 2 is 1.84 bits per heavy atom. The summed E-state index contributed by atoms with van der Waals surface area (Å²) in [5.74, 6) is 0.125. The molecule has 8 heteroatoms. The normalized spacial score (nSPS) is 25.7. The van der Waals surface area contributed by atoms with Crippen molar-refractivity contribution in [3.63, 3.8) is 0 Å². The number of aliphatic hydroxyl groups excluding tert-OH is 1. The predicted octanol–water partition coefficient (Wildman–Crippen LogP) is 4.49. The maximum absolute atomic E-state index is 11.7. The number of ether oxygens (including phenoxy) is 4. The second kappa shape index (κ2) is 13.9. The number of alkyl carbamates (subject to hydrolysis) is 1. The SMILES string of the molecule is C=CCOC(=O)NCc1ccc([C@H]2O[C@@H](CN3CCC[C@H]3COC)[C@@H](C)[C@@H](c3ccc(CO)cc3)O2)cc1. The highest BCUT2D eigenvalue weighted by molar-refractivity contribution is 5.67. The average Bonchev–Trinajstić information content (AvgIpc) is 3.39. The number of methoxy groups -OCH3 is 1. The van der Waals surface area contributed by atoms with Gasteiger partial charge in [0.2, 0.25) is 0 Å². The van der Waals surface area contributed by atoms with Gasteiger partial charge < -0.3 is 29.4 Å². The van der Waals surface area contributed by atoms with Crippen molar-refractivity contribution >= 4 is 6.09 Å². The second-order valence-corrected chi connectivity index (χ2v) is 10.1. The molecule has 1 amide bonds. The van der Waals surface area contributed by atoms with Gasteiger partial charge in [0.25, 0.3) is 0 Å². The fraction of sp³-hybridized carbons (Fsp3) is 0.500. The Bertz CT molecular complexity index is 1030. The first-order valence-corrected chi connectivity index (χ1v) is 13.4. The Kier molecular flexibility index (Phi) is 10.3. The van der Waals surface area contributed by atoms with Crippen LogP contribution in [0.15, 0.2) is 61.2 Å². The van der Waals surface area contributed by atoms with E-state index in [1.165, 1.54) is 6.08 Å². The third-order valence-corrected chi connectivity index (χ3v) is 7.42. The Labute approximate surface area is 225 Å². The van der Waals surface area contributed by atoms with Crippen LogP contribution in [0.5, 0.6) is 0 Å². The summed E-state index contributed by atoms with van der Waals surface area (Å²) in [5.41, 5.74) is 3.81. The van der Waals surface area contributed by atoms with Crippen LogP contribution in [0, 0.1) is 5.92 Å². The molecular weight excluding hydrogens is 484 g/mol. The molecule has 0 radical (unpaired) electrons. The van der Waals surface area contributed by atoms with E-state index >= 15 is 0 Å². The lowest BCUT2D eigenvalue weighted by Crippen LogP contribution is -2.46. The number of nitrogens with one attached hydrogen (secondary N) is 1. The van der Waals surface area contributed by atoms with E-state index < -0.39 is 12.4 Å². The van der Waals surface area contributed by atoms with E-state index in [0.717, 1.165) is 54.8 Å². The van der Waals surface area contributed by atoms with Gasteiger partial charge in [-0.25, -0.2) is 4.79 Å². The van der Waals surface area contributed by atoms with E-state index in [-0.39, 0.29) is 31.3 Å². The van der Waals surface area contributed by atoms with Crippen LogP contribution in [0.25, 0.3) is 0 Å². The molecule has 2 aliphatic heterocycles. The van der Waals surface area contributed by atoms with Crippen molar-refractivity contribution in [2.75, 3.05) is 33.4 Å². The molecule has 2 saturated heterocycles. The van der Waals surface area contributed by atoms with E-state index in [4.69, 9.17) is 18.9 Å². The number of rotatable bonds is 11. The van der Waals surface area contributed by atoms with Crippen LogP contribution in [-0.4, -0.2) is 61.7 Å². The first kappa shape index (κ1) is 28.3. The summed E-state index contributed by atoms with van der Waals surface area (Å²) in [6.45, 7) is 8.86. The molecule has 0 unspecified atom stereocenters. The summed E-state index contributed by atoms with van der Waals surface area (Å²) in [7, 11) is 1.76. The van der Waals surface area contributed by atoms with Crippen LogP contribution >= 0.6 is 0 Å². The third-order valence-electron chi connectivity index (χ3n) is 7.42. The van der Waals surface area contributed by atoms with Crippen LogP contribution < -0.4 is 5.32 Å². The van der Waals surface area contributed by atoms with E-state index in [0.29, 0.717) is 12.6 Å². The zero-order valence-electron chi connectivity index (χ0n) is 22.4. The van der Waals surface area contributed by atoms with Crippen molar-refractivity contribution in [2.24, 2.45) is 5.92 Å². The van der Waals surface area contributed by atoms with Crippen molar-refractivity contribution in [3.8, 4) is 0 Å². The number of benzene rings is 2. The molecule has 206 valence electrons. The number of likely N-dealkylation sites (tertiary alicyclic amines) is 1. The summed E-state index contributed by atoms with van der Waals surface area (Å²) in [4.78, 5) is 14.2. The van der Waals surface area contributed by atoms with Crippen LogP contribution in [-0.2, 0) is 32.1 Å². The quantitative estimate of drug-likeness (QED) is 0.419. The van der Waals surface area contributed by atoms with Gasteiger partial charge >= 0.3 is 6.09 Å².